The number of nitrogens with two attached hydrogens (primary N) is 1. The summed E-state index contributed by atoms with van der Waals surface area (Å²) >= 11 is 0. The van der Waals surface area contributed by atoms with Crippen molar-refractivity contribution in [2.24, 2.45) is 0 Å². The van der Waals surface area contributed by atoms with Crippen LogP contribution in [-0.2, 0) is 4.74 Å². The van der Waals surface area contributed by atoms with Gasteiger partial charge in [0.15, 0.2) is 5.65 Å². The molecule has 1 atom stereocenters. The number of nitrogen functional groups attached to an aromatic ring is 1. The summed E-state index contributed by atoms with van der Waals surface area (Å²) in [5.41, 5.74) is 8.27. The minimum Gasteiger partial charge on any atom is -0.475 e. The molecule has 0 radical (unpaired) electrons. The van der Waals surface area contributed by atoms with Crippen LogP contribution in [0.15, 0.2) is 48.8 Å². The van der Waals surface area contributed by atoms with Crippen LogP contribution < -0.4 is 15.8 Å². The second kappa shape index (κ2) is 9.28. The normalized spacial score (nSPS) is 11.8. The molecule has 3 N–H and O–H groups in total. The van der Waals surface area contributed by atoms with E-state index >= 15 is 0 Å². The Morgan fingerprint density at radius 3 is 2.69 bits per heavy atom. The third kappa shape index (κ3) is 4.14. The van der Waals surface area contributed by atoms with Gasteiger partial charge >= 0.3 is 0 Å². The summed E-state index contributed by atoms with van der Waals surface area (Å²) in [6, 6.07) is 15.1. The predicted molar refractivity (Wildman–Crippen MR) is 119 cm³/mol. The van der Waals surface area contributed by atoms with Crippen molar-refractivity contribution in [3.8, 4) is 17.6 Å². The van der Waals surface area contributed by atoms with Gasteiger partial charge in [-0.05, 0) is 25.1 Å². The molecule has 0 aliphatic carbocycles. The van der Waals surface area contributed by atoms with Gasteiger partial charge in [0.2, 0.25) is 5.88 Å². The van der Waals surface area contributed by atoms with Crippen molar-refractivity contribution >= 4 is 22.8 Å². The summed E-state index contributed by atoms with van der Waals surface area (Å²) in [6.07, 6.45) is 1.32. The van der Waals surface area contributed by atoms with E-state index in [1.807, 2.05) is 54.0 Å². The van der Waals surface area contributed by atoms with Crippen molar-refractivity contribution in [3.05, 3.63) is 60.2 Å². The fourth-order valence-corrected chi connectivity index (χ4v) is 3.28. The first kappa shape index (κ1) is 21.0. The summed E-state index contributed by atoms with van der Waals surface area (Å²) in [5.74, 6) is 1.63. The van der Waals surface area contributed by atoms with E-state index in [1.54, 1.807) is 13.2 Å². The zero-order chi connectivity index (χ0) is 22.5. The smallest absolute Gasteiger partial charge is 0.215 e. The van der Waals surface area contributed by atoms with Crippen LogP contribution in [0.5, 0.6) is 5.88 Å². The van der Waals surface area contributed by atoms with Gasteiger partial charge in [0.1, 0.15) is 47.5 Å². The van der Waals surface area contributed by atoms with Gasteiger partial charge in [0, 0.05) is 18.9 Å². The molecule has 162 valence electrons. The molecule has 4 rings (SSSR count). The largest absolute Gasteiger partial charge is 0.475 e. The Bertz CT molecular complexity index is 1270. The number of rotatable bonds is 8. The molecule has 4 aromatic rings. The van der Waals surface area contributed by atoms with Crippen molar-refractivity contribution in [1.82, 2.24) is 24.5 Å². The van der Waals surface area contributed by atoms with E-state index in [0.717, 1.165) is 5.69 Å². The maximum atomic E-state index is 9.45. The molecule has 0 aliphatic rings. The van der Waals surface area contributed by atoms with E-state index in [0.29, 0.717) is 41.9 Å². The van der Waals surface area contributed by atoms with Crippen LogP contribution in [0.2, 0.25) is 0 Å². The zero-order valence-electron chi connectivity index (χ0n) is 17.7. The van der Waals surface area contributed by atoms with Crippen LogP contribution in [0, 0.1) is 11.3 Å². The van der Waals surface area contributed by atoms with Gasteiger partial charge in [-0.1, -0.05) is 18.2 Å². The van der Waals surface area contributed by atoms with Crippen LogP contribution in [0.1, 0.15) is 24.4 Å². The number of hydrogen-bond acceptors (Lipinski definition) is 9. The molecule has 0 amide bonds. The minimum atomic E-state index is -0.330. The minimum absolute atomic E-state index is 0.119. The molecule has 0 spiro atoms. The van der Waals surface area contributed by atoms with Crippen molar-refractivity contribution in [1.29, 1.82) is 5.26 Å². The zero-order valence-corrected chi connectivity index (χ0v) is 17.7. The number of para-hydroxylation sites is 1. The molecule has 32 heavy (non-hydrogen) atoms. The molecule has 0 saturated heterocycles. The Morgan fingerprint density at radius 2 is 1.94 bits per heavy atom. The second-order valence-corrected chi connectivity index (χ2v) is 6.93. The number of anilines is 2. The maximum absolute atomic E-state index is 9.45. The lowest BCUT2D eigenvalue weighted by molar-refractivity contribution is 0.144. The van der Waals surface area contributed by atoms with E-state index in [1.165, 1.54) is 6.33 Å². The number of methoxy groups -OCH3 is 1. The summed E-state index contributed by atoms with van der Waals surface area (Å²) < 4.78 is 12.7. The third-order valence-electron chi connectivity index (χ3n) is 4.79. The molecule has 3 aromatic heterocycles. The SMILES string of the molecule is COCCOc1ccc2nc([C@H](C)Nc3ncnc(N)c3C#N)n(-c3ccccc3)c2n1. The van der Waals surface area contributed by atoms with E-state index in [4.69, 9.17) is 20.2 Å². The Labute approximate surface area is 184 Å². The highest BCUT2D eigenvalue weighted by Crippen LogP contribution is 2.28. The quantitative estimate of drug-likeness (QED) is 0.404. The summed E-state index contributed by atoms with van der Waals surface area (Å²) in [5, 5.41) is 12.7. The Balaban J connectivity index is 1.78. The van der Waals surface area contributed by atoms with Crippen LogP contribution >= 0.6 is 0 Å². The van der Waals surface area contributed by atoms with Crippen molar-refractivity contribution in [3.63, 3.8) is 0 Å². The molecule has 0 aliphatic heterocycles. The number of nitrogens with one attached hydrogen (secondary N) is 1. The van der Waals surface area contributed by atoms with Crippen molar-refractivity contribution in [2.75, 3.05) is 31.4 Å². The van der Waals surface area contributed by atoms with Gasteiger partial charge in [-0.3, -0.25) is 4.57 Å². The highest BCUT2D eigenvalue weighted by Gasteiger charge is 2.21. The molecule has 0 bridgehead atoms. The number of pyridine rings is 1. The van der Waals surface area contributed by atoms with Crippen LogP contribution in [-0.4, -0.2) is 44.8 Å². The van der Waals surface area contributed by atoms with Gasteiger partial charge in [-0.25, -0.2) is 15.0 Å². The van der Waals surface area contributed by atoms with E-state index in [-0.39, 0.29) is 17.4 Å². The first-order valence-electron chi connectivity index (χ1n) is 9.96. The molecule has 10 heteroatoms. The van der Waals surface area contributed by atoms with E-state index < -0.39 is 0 Å². The topological polar surface area (TPSA) is 137 Å². The number of ether oxygens (including phenoxy) is 2. The summed E-state index contributed by atoms with van der Waals surface area (Å²) in [7, 11) is 1.62. The molecule has 0 saturated carbocycles. The average Bonchev–Trinajstić information content (AvgIpc) is 3.19. The van der Waals surface area contributed by atoms with Crippen LogP contribution in [0.3, 0.4) is 0 Å². The number of aromatic nitrogens is 5. The number of nitriles is 1. The van der Waals surface area contributed by atoms with Gasteiger partial charge in [0.05, 0.1) is 12.6 Å². The monoisotopic (exact) mass is 430 g/mol. The second-order valence-electron chi connectivity index (χ2n) is 6.93. The van der Waals surface area contributed by atoms with Crippen molar-refractivity contribution in [2.45, 2.75) is 13.0 Å². The molecule has 10 nitrogen and oxygen atoms in total. The average molecular weight is 430 g/mol. The Kier molecular flexibility index (Phi) is 6.10. The van der Waals surface area contributed by atoms with Gasteiger partial charge in [0.25, 0.3) is 0 Å². The standard InChI is InChI=1S/C22H22N8O2/c1-14(27-20-16(12-23)19(24)25-13-26-20)21-28-17-8-9-18(32-11-10-31-2)29-22(17)30(21)15-6-4-3-5-7-15/h3-9,13-14H,10-11H2,1-2H3,(H3,24,25,26,27)/t14-/m0/s1. The molecular weight excluding hydrogens is 408 g/mol. The van der Waals surface area contributed by atoms with E-state index in [9.17, 15) is 5.26 Å². The lowest BCUT2D eigenvalue weighted by atomic mass is 10.2. The molecule has 1 aromatic carbocycles. The summed E-state index contributed by atoms with van der Waals surface area (Å²) in [6.45, 7) is 2.79. The first-order valence-corrected chi connectivity index (χ1v) is 9.96. The third-order valence-corrected chi connectivity index (χ3v) is 4.79. The highest BCUT2D eigenvalue weighted by atomic mass is 16.5. The number of hydrogen-bond donors (Lipinski definition) is 2. The number of nitrogens with zero attached hydrogens (tertiary/aromatic N) is 6. The highest BCUT2D eigenvalue weighted by molar-refractivity contribution is 5.75. The molecule has 0 unspecified atom stereocenters. The van der Waals surface area contributed by atoms with E-state index in [2.05, 4.69) is 20.3 Å². The maximum Gasteiger partial charge on any atom is 0.215 e. The Hall–Kier alpha value is -4.23. The lowest BCUT2D eigenvalue weighted by Crippen LogP contribution is -2.15. The summed E-state index contributed by atoms with van der Waals surface area (Å²) in [4.78, 5) is 17.5. The lowest BCUT2D eigenvalue weighted by Gasteiger charge is -2.17. The van der Waals surface area contributed by atoms with Gasteiger partial charge in [-0.15, -0.1) is 0 Å². The predicted octanol–water partition coefficient (Wildman–Crippen LogP) is 2.86. The molecular formula is C22H22N8O2. The van der Waals surface area contributed by atoms with Crippen LogP contribution in [0.4, 0.5) is 11.6 Å². The van der Waals surface area contributed by atoms with Gasteiger partial charge < -0.3 is 20.5 Å². The number of benzene rings is 1. The fraction of sp³-hybridized carbons (Fsp3) is 0.227. The first-order chi connectivity index (χ1) is 15.6. The molecule has 3 heterocycles. The van der Waals surface area contributed by atoms with Crippen LogP contribution in [0.25, 0.3) is 16.9 Å². The van der Waals surface area contributed by atoms with Crippen molar-refractivity contribution < 1.29 is 9.47 Å². The fourth-order valence-electron chi connectivity index (χ4n) is 3.28. The number of imidazole rings is 1. The Morgan fingerprint density at radius 1 is 1.12 bits per heavy atom. The molecule has 0 fully saturated rings. The number of fused-ring (bicyclic) bond motifs is 1. The van der Waals surface area contributed by atoms with Gasteiger partial charge in [-0.2, -0.15) is 10.2 Å².